The second-order valence-corrected chi connectivity index (χ2v) is 4.97. The van der Waals surface area contributed by atoms with E-state index in [0.29, 0.717) is 18.9 Å². The first-order chi connectivity index (χ1) is 9.81. The number of alkyl halides is 3. The van der Waals surface area contributed by atoms with Gasteiger partial charge in [0, 0.05) is 38.1 Å². The average Bonchev–Trinajstić information content (AvgIpc) is 2.81. The van der Waals surface area contributed by atoms with Crippen LogP contribution in [0.2, 0.25) is 5.02 Å². The highest BCUT2D eigenvalue weighted by atomic mass is 35.5. The van der Waals surface area contributed by atoms with Gasteiger partial charge in [-0.3, -0.25) is 4.68 Å². The van der Waals surface area contributed by atoms with E-state index in [0.717, 1.165) is 17.8 Å². The number of nitrogens with zero attached hydrogens (tertiary/aromatic N) is 4. The smallest absolute Gasteiger partial charge is 0.351 e. The van der Waals surface area contributed by atoms with Crippen molar-refractivity contribution in [3.8, 4) is 0 Å². The molecule has 0 aromatic carbocycles. The molecule has 2 rings (SSSR count). The second-order valence-electron chi connectivity index (χ2n) is 4.56. The van der Waals surface area contributed by atoms with Crippen LogP contribution in [-0.4, -0.2) is 21.3 Å². The van der Waals surface area contributed by atoms with Gasteiger partial charge in [-0.1, -0.05) is 11.6 Å². The molecule has 4 nitrogen and oxygen atoms in total. The van der Waals surface area contributed by atoms with Crippen LogP contribution in [-0.2, 0) is 19.8 Å². The van der Waals surface area contributed by atoms with E-state index in [-0.39, 0.29) is 5.02 Å². The number of hydrogen-bond donors (Lipinski definition) is 0. The summed E-state index contributed by atoms with van der Waals surface area (Å²) in [4.78, 5) is 5.66. The fourth-order valence-electron chi connectivity index (χ4n) is 1.93. The van der Waals surface area contributed by atoms with Gasteiger partial charge >= 0.3 is 6.18 Å². The van der Waals surface area contributed by atoms with Crippen molar-refractivity contribution in [1.82, 2.24) is 14.8 Å². The molecule has 2 heterocycles. The first kappa shape index (κ1) is 15.6. The molecule has 0 atom stereocenters. The van der Waals surface area contributed by atoms with Crippen molar-refractivity contribution in [2.45, 2.75) is 19.6 Å². The normalized spacial score (nSPS) is 11.7. The number of aromatic nitrogens is 3. The van der Waals surface area contributed by atoms with Gasteiger partial charge in [0.05, 0.1) is 16.8 Å². The molecule has 0 unspecified atom stereocenters. The topological polar surface area (TPSA) is 34.0 Å². The summed E-state index contributed by atoms with van der Waals surface area (Å²) in [6.07, 6.45) is -0.121. The minimum Gasteiger partial charge on any atom is -0.351 e. The van der Waals surface area contributed by atoms with Crippen LogP contribution in [0, 0.1) is 0 Å². The lowest BCUT2D eigenvalue weighted by Crippen LogP contribution is -2.23. The van der Waals surface area contributed by atoms with Crippen molar-refractivity contribution in [2.24, 2.45) is 7.05 Å². The minimum atomic E-state index is -4.45. The molecule has 8 heteroatoms. The Kier molecular flexibility index (Phi) is 4.41. The fourth-order valence-corrected chi connectivity index (χ4v) is 2.21. The Morgan fingerprint density at radius 2 is 2.05 bits per heavy atom. The van der Waals surface area contributed by atoms with Gasteiger partial charge in [-0.15, -0.1) is 0 Å². The molecule has 0 radical (unpaired) electrons. The fraction of sp³-hybridized carbons (Fsp3) is 0.385. The van der Waals surface area contributed by atoms with Crippen LogP contribution in [0.25, 0.3) is 0 Å². The van der Waals surface area contributed by atoms with Crippen molar-refractivity contribution < 1.29 is 13.2 Å². The van der Waals surface area contributed by atoms with Crippen molar-refractivity contribution in [1.29, 1.82) is 0 Å². The first-order valence-corrected chi connectivity index (χ1v) is 6.64. The average molecular weight is 319 g/mol. The zero-order chi connectivity index (χ0) is 15.6. The van der Waals surface area contributed by atoms with Gasteiger partial charge in [0.2, 0.25) is 0 Å². The van der Waals surface area contributed by atoms with E-state index in [4.69, 9.17) is 11.6 Å². The molecule has 0 spiro atoms. The zero-order valence-corrected chi connectivity index (χ0v) is 12.3. The van der Waals surface area contributed by atoms with Gasteiger partial charge in [0.15, 0.2) is 0 Å². The summed E-state index contributed by atoms with van der Waals surface area (Å²) in [7, 11) is 1.79. The largest absolute Gasteiger partial charge is 0.417 e. The van der Waals surface area contributed by atoms with E-state index in [1.807, 2.05) is 13.1 Å². The van der Waals surface area contributed by atoms with Crippen LogP contribution < -0.4 is 4.90 Å². The molecule has 0 aliphatic rings. The van der Waals surface area contributed by atoms with E-state index in [9.17, 15) is 13.2 Å². The predicted octanol–water partition coefficient (Wildman–Crippen LogP) is 3.51. The Morgan fingerprint density at radius 1 is 1.33 bits per heavy atom. The molecule has 0 saturated heterocycles. The van der Waals surface area contributed by atoms with Crippen molar-refractivity contribution in [3.05, 3.63) is 40.8 Å². The monoisotopic (exact) mass is 318 g/mol. The summed E-state index contributed by atoms with van der Waals surface area (Å²) in [5.41, 5.74) is 0.0748. The molecule has 0 amide bonds. The van der Waals surface area contributed by atoms with Crippen LogP contribution >= 0.6 is 11.6 Å². The van der Waals surface area contributed by atoms with Gasteiger partial charge in [-0.2, -0.15) is 18.3 Å². The van der Waals surface area contributed by atoms with Crippen LogP contribution in [0.15, 0.2) is 24.7 Å². The van der Waals surface area contributed by atoms with Gasteiger partial charge in [-0.05, 0) is 13.0 Å². The Hall–Kier alpha value is -1.76. The first-order valence-electron chi connectivity index (χ1n) is 6.26. The number of anilines is 1. The standard InChI is InChI=1S/C13H14ClF3N4/c1-3-21(8-9-5-19-20(2)7-9)12-11(14)4-10(6-18-12)13(15,16)17/h4-7H,3,8H2,1-2H3. The molecular formula is C13H14ClF3N4. The Morgan fingerprint density at radius 3 is 2.52 bits per heavy atom. The number of hydrogen-bond acceptors (Lipinski definition) is 3. The lowest BCUT2D eigenvalue weighted by atomic mass is 10.2. The molecule has 0 aliphatic carbocycles. The highest BCUT2D eigenvalue weighted by Gasteiger charge is 2.32. The number of rotatable bonds is 4. The maximum absolute atomic E-state index is 12.6. The Bertz CT molecular complexity index is 624. The third-order valence-corrected chi connectivity index (χ3v) is 3.24. The molecule has 114 valence electrons. The van der Waals surface area contributed by atoms with Crippen LogP contribution in [0.1, 0.15) is 18.1 Å². The number of pyridine rings is 1. The molecule has 0 aliphatic heterocycles. The Balaban J connectivity index is 2.26. The highest BCUT2D eigenvalue weighted by molar-refractivity contribution is 6.33. The van der Waals surface area contributed by atoms with Gasteiger partial charge < -0.3 is 4.90 Å². The predicted molar refractivity (Wildman–Crippen MR) is 74.2 cm³/mol. The minimum absolute atomic E-state index is 0.0180. The Labute approximate surface area is 125 Å². The summed E-state index contributed by atoms with van der Waals surface area (Å²) in [6, 6.07) is 0.899. The van der Waals surface area contributed by atoms with Crippen LogP contribution in [0.5, 0.6) is 0 Å². The van der Waals surface area contributed by atoms with Crippen LogP contribution in [0.3, 0.4) is 0 Å². The van der Waals surface area contributed by atoms with E-state index in [1.54, 1.807) is 22.8 Å². The zero-order valence-electron chi connectivity index (χ0n) is 11.5. The summed E-state index contributed by atoms with van der Waals surface area (Å²) in [5.74, 6) is 0.330. The van der Waals surface area contributed by atoms with E-state index in [2.05, 4.69) is 10.1 Å². The molecule has 0 bridgehead atoms. The molecular weight excluding hydrogens is 305 g/mol. The van der Waals surface area contributed by atoms with Gasteiger partial charge in [-0.25, -0.2) is 4.98 Å². The summed E-state index contributed by atoms with van der Waals surface area (Å²) in [6.45, 7) is 2.92. The summed E-state index contributed by atoms with van der Waals surface area (Å²) < 4.78 is 39.5. The maximum atomic E-state index is 12.6. The number of halogens is 4. The molecule has 0 fully saturated rings. The van der Waals surface area contributed by atoms with E-state index < -0.39 is 11.7 Å². The second kappa shape index (κ2) is 5.93. The van der Waals surface area contributed by atoms with Crippen LogP contribution in [0.4, 0.5) is 19.0 Å². The van der Waals surface area contributed by atoms with Crippen molar-refractivity contribution in [3.63, 3.8) is 0 Å². The SMILES string of the molecule is CCN(Cc1cnn(C)c1)c1ncc(C(F)(F)F)cc1Cl. The van der Waals surface area contributed by atoms with E-state index >= 15 is 0 Å². The molecule has 2 aromatic heterocycles. The van der Waals surface area contributed by atoms with Crippen molar-refractivity contribution >= 4 is 17.4 Å². The third kappa shape index (κ3) is 3.66. The molecule has 0 N–H and O–H groups in total. The highest BCUT2D eigenvalue weighted by Crippen LogP contribution is 2.33. The lowest BCUT2D eigenvalue weighted by Gasteiger charge is -2.22. The maximum Gasteiger partial charge on any atom is 0.417 e. The van der Waals surface area contributed by atoms with E-state index in [1.165, 1.54) is 0 Å². The summed E-state index contributed by atoms with van der Waals surface area (Å²) in [5, 5.41) is 4.04. The molecule has 21 heavy (non-hydrogen) atoms. The third-order valence-electron chi connectivity index (χ3n) is 2.96. The van der Waals surface area contributed by atoms with Gasteiger partial charge in [0.25, 0.3) is 0 Å². The molecule has 0 saturated carbocycles. The van der Waals surface area contributed by atoms with Gasteiger partial charge in [0.1, 0.15) is 5.82 Å². The lowest BCUT2D eigenvalue weighted by molar-refractivity contribution is -0.137. The van der Waals surface area contributed by atoms with Crippen molar-refractivity contribution in [2.75, 3.05) is 11.4 Å². The molecule has 2 aromatic rings. The summed E-state index contributed by atoms with van der Waals surface area (Å²) >= 11 is 5.96. The number of aryl methyl sites for hydroxylation is 1. The quantitative estimate of drug-likeness (QED) is 0.865.